The van der Waals surface area contributed by atoms with Gasteiger partial charge in [-0.15, -0.1) is 0 Å². The van der Waals surface area contributed by atoms with Gasteiger partial charge in [0.1, 0.15) is 5.82 Å². The molecular weight excluding hydrogens is 345 g/mol. The fourth-order valence-electron chi connectivity index (χ4n) is 2.91. The zero-order chi connectivity index (χ0) is 17.1. The number of carbonyl (C=O) groups excluding carboxylic acids is 1. The molecule has 1 aliphatic heterocycles. The number of aromatic nitrogens is 1. The molecule has 1 unspecified atom stereocenters. The van der Waals surface area contributed by atoms with Crippen molar-refractivity contribution in [1.29, 1.82) is 0 Å². The van der Waals surface area contributed by atoms with Gasteiger partial charge in [0.05, 0.1) is 10.0 Å². The van der Waals surface area contributed by atoms with Crippen molar-refractivity contribution in [1.82, 2.24) is 4.98 Å². The molecule has 2 aromatic rings. The van der Waals surface area contributed by atoms with Crippen LogP contribution in [0.1, 0.15) is 30.1 Å². The number of hydrogen-bond acceptors (Lipinski definition) is 3. The summed E-state index contributed by atoms with van der Waals surface area (Å²) in [5, 5.41) is 3.70. The van der Waals surface area contributed by atoms with E-state index < -0.39 is 0 Å². The molecular formula is C18H19Cl2N3O. The van der Waals surface area contributed by atoms with E-state index in [4.69, 9.17) is 23.2 Å². The maximum atomic E-state index is 12.5. The van der Waals surface area contributed by atoms with Crippen LogP contribution in [0.4, 0.5) is 11.5 Å². The third-order valence-corrected chi connectivity index (χ3v) is 4.91. The first kappa shape index (κ1) is 17.1. The molecule has 0 aliphatic carbocycles. The Morgan fingerprint density at radius 1 is 1.25 bits per heavy atom. The lowest BCUT2D eigenvalue weighted by Crippen LogP contribution is -2.34. The van der Waals surface area contributed by atoms with Gasteiger partial charge in [-0.3, -0.25) is 4.79 Å². The van der Waals surface area contributed by atoms with E-state index in [-0.39, 0.29) is 5.91 Å². The Morgan fingerprint density at radius 3 is 2.83 bits per heavy atom. The Morgan fingerprint density at radius 2 is 2.08 bits per heavy atom. The van der Waals surface area contributed by atoms with Crippen molar-refractivity contribution in [2.45, 2.75) is 19.8 Å². The first-order valence-electron chi connectivity index (χ1n) is 8.00. The van der Waals surface area contributed by atoms with Crippen molar-refractivity contribution in [3.05, 3.63) is 52.1 Å². The van der Waals surface area contributed by atoms with E-state index in [1.807, 2.05) is 6.07 Å². The van der Waals surface area contributed by atoms with Crippen LogP contribution in [-0.2, 0) is 0 Å². The highest BCUT2D eigenvalue weighted by atomic mass is 35.5. The number of benzene rings is 1. The number of pyridine rings is 1. The summed E-state index contributed by atoms with van der Waals surface area (Å²) in [6.07, 6.45) is 4.08. The highest BCUT2D eigenvalue weighted by molar-refractivity contribution is 6.42. The minimum atomic E-state index is -0.193. The number of piperidine rings is 1. The summed E-state index contributed by atoms with van der Waals surface area (Å²) in [5.74, 6) is 1.31. The van der Waals surface area contributed by atoms with E-state index in [1.54, 1.807) is 30.5 Å². The third kappa shape index (κ3) is 4.00. The molecule has 0 spiro atoms. The first-order valence-corrected chi connectivity index (χ1v) is 8.76. The first-order chi connectivity index (χ1) is 11.5. The van der Waals surface area contributed by atoms with Crippen LogP contribution < -0.4 is 10.2 Å². The second-order valence-electron chi connectivity index (χ2n) is 6.18. The average molecular weight is 364 g/mol. The summed E-state index contributed by atoms with van der Waals surface area (Å²) in [6.45, 7) is 4.20. The molecule has 1 aromatic carbocycles. The van der Waals surface area contributed by atoms with Gasteiger partial charge < -0.3 is 10.2 Å². The largest absolute Gasteiger partial charge is 0.356 e. The molecule has 0 bridgehead atoms. The smallest absolute Gasteiger partial charge is 0.255 e. The standard InChI is InChI=1S/C18H19Cl2N3O/c1-12-3-2-8-23(11-12)17-9-13(6-7-21-17)18(24)22-14-4-5-15(19)16(20)10-14/h4-7,9-10,12H,2-3,8,11H2,1H3,(H,22,24). The summed E-state index contributed by atoms with van der Waals surface area (Å²) in [7, 11) is 0. The second kappa shape index (κ2) is 7.41. The summed E-state index contributed by atoms with van der Waals surface area (Å²) >= 11 is 11.9. The molecule has 4 nitrogen and oxygen atoms in total. The molecule has 1 saturated heterocycles. The van der Waals surface area contributed by atoms with Crippen molar-refractivity contribution in [2.24, 2.45) is 5.92 Å². The Labute approximate surface area is 151 Å². The molecule has 1 N–H and O–H groups in total. The van der Waals surface area contributed by atoms with Crippen LogP contribution >= 0.6 is 23.2 Å². The van der Waals surface area contributed by atoms with Gasteiger partial charge in [-0.1, -0.05) is 30.1 Å². The zero-order valence-corrected chi connectivity index (χ0v) is 14.9. The van der Waals surface area contributed by atoms with Gasteiger partial charge in [0.25, 0.3) is 5.91 Å². The minimum absolute atomic E-state index is 0.193. The van der Waals surface area contributed by atoms with Crippen LogP contribution in [0.25, 0.3) is 0 Å². The minimum Gasteiger partial charge on any atom is -0.356 e. The van der Waals surface area contributed by atoms with Gasteiger partial charge in [-0.05, 0) is 49.1 Å². The fraction of sp³-hybridized carbons (Fsp3) is 0.333. The van der Waals surface area contributed by atoms with Crippen molar-refractivity contribution in [3.63, 3.8) is 0 Å². The molecule has 1 amide bonds. The monoisotopic (exact) mass is 363 g/mol. The molecule has 1 fully saturated rings. The van der Waals surface area contributed by atoms with Crippen molar-refractivity contribution < 1.29 is 4.79 Å². The van der Waals surface area contributed by atoms with Crippen LogP contribution in [0.3, 0.4) is 0 Å². The number of hydrogen-bond donors (Lipinski definition) is 1. The van der Waals surface area contributed by atoms with Gasteiger partial charge >= 0.3 is 0 Å². The lowest BCUT2D eigenvalue weighted by molar-refractivity contribution is 0.102. The Kier molecular flexibility index (Phi) is 5.27. The molecule has 1 aromatic heterocycles. The predicted molar refractivity (Wildman–Crippen MR) is 99.3 cm³/mol. The van der Waals surface area contributed by atoms with Crippen LogP contribution in [0.2, 0.25) is 10.0 Å². The van der Waals surface area contributed by atoms with Crippen LogP contribution in [0.15, 0.2) is 36.5 Å². The van der Waals surface area contributed by atoms with Gasteiger partial charge in [-0.2, -0.15) is 0 Å². The average Bonchev–Trinajstić information content (AvgIpc) is 2.58. The van der Waals surface area contributed by atoms with Gasteiger partial charge in [0.2, 0.25) is 0 Å². The highest BCUT2D eigenvalue weighted by Gasteiger charge is 2.18. The number of carbonyl (C=O) groups is 1. The number of nitrogens with one attached hydrogen (secondary N) is 1. The quantitative estimate of drug-likeness (QED) is 0.845. The van der Waals surface area contributed by atoms with Crippen LogP contribution in [0, 0.1) is 5.92 Å². The molecule has 1 atom stereocenters. The normalized spacial score (nSPS) is 17.6. The van der Waals surface area contributed by atoms with E-state index in [0.29, 0.717) is 27.2 Å². The number of amides is 1. The fourth-order valence-corrected chi connectivity index (χ4v) is 3.21. The van der Waals surface area contributed by atoms with Crippen molar-refractivity contribution in [3.8, 4) is 0 Å². The molecule has 3 rings (SSSR count). The Hall–Kier alpha value is -1.78. The Bertz CT molecular complexity index is 751. The SMILES string of the molecule is CC1CCCN(c2cc(C(=O)Nc3ccc(Cl)c(Cl)c3)ccn2)C1. The maximum absolute atomic E-state index is 12.5. The van der Waals surface area contributed by atoms with E-state index in [1.165, 1.54) is 6.42 Å². The van der Waals surface area contributed by atoms with Gasteiger partial charge in [0.15, 0.2) is 0 Å². The van der Waals surface area contributed by atoms with E-state index in [0.717, 1.165) is 25.3 Å². The zero-order valence-electron chi connectivity index (χ0n) is 13.4. The summed E-state index contributed by atoms with van der Waals surface area (Å²) < 4.78 is 0. The molecule has 0 saturated carbocycles. The van der Waals surface area contributed by atoms with E-state index >= 15 is 0 Å². The second-order valence-corrected chi connectivity index (χ2v) is 6.99. The molecule has 1 aliphatic rings. The van der Waals surface area contributed by atoms with Crippen LogP contribution in [0.5, 0.6) is 0 Å². The molecule has 24 heavy (non-hydrogen) atoms. The lowest BCUT2D eigenvalue weighted by atomic mass is 10.0. The van der Waals surface area contributed by atoms with Crippen molar-refractivity contribution >= 4 is 40.6 Å². The Balaban J connectivity index is 1.75. The lowest BCUT2D eigenvalue weighted by Gasteiger charge is -2.31. The number of nitrogens with zero attached hydrogens (tertiary/aromatic N) is 2. The van der Waals surface area contributed by atoms with E-state index in [2.05, 4.69) is 22.1 Å². The summed E-state index contributed by atoms with van der Waals surface area (Å²) in [4.78, 5) is 19.1. The maximum Gasteiger partial charge on any atom is 0.255 e. The molecule has 0 radical (unpaired) electrons. The molecule has 6 heteroatoms. The van der Waals surface area contributed by atoms with Crippen LogP contribution in [-0.4, -0.2) is 24.0 Å². The highest BCUT2D eigenvalue weighted by Crippen LogP contribution is 2.26. The predicted octanol–water partition coefficient (Wildman–Crippen LogP) is 4.88. The third-order valence-electron chi connectivity index (χ3n) is 4.17. The summed E-state index contributed by atoms with van der Waals surface area (Å²) in [5.41, 5.74) is 1.18. The summed E-state index contributed by atoms with van der Waals surface area (Å²) in [6, 6.07) is 8.57. The molecule has 2 heterocycles. The number of rotatable bonds is 3. The number of anilines is 2. The van der Waals surface area contributed by atoms with Gasteiger partial charge in [0, 0.05) is 30.5 Å². The number of halogens is 2. The molecule has 126 valence electrons. The van der Waals surface area contributed by atoms with Gasteiger partial charge in [-0.25, -0.2) is 4.98 Å². The topological polar surface area (TPSA) is 45.2 Å². The van der Waals surface area contributed by atoms with E-state index in [9.17, 15) is 4.79 Å². The van der Waals surface area contributed by atoms with Crippen molar-refractivity contribution in [2.75, 3.05) is 23.3 Å².